The fourth-order valence-corrected chi connectivity index (χ4v) is 1.15. The number of nitrogens with one attached hydrogen (secondary N) is 1. The molecule has 0 spiro atoms. The number of nitrogen functional groups attached to an aromatic ring is 1. The van der Waals surface area contributed by atoms with Crippen LogP contribution in [0.1, 0.15) is 10.5 Å². The topological polar surface area (TPSA) is 98.7 Å². The van der Waals surface area contributed by atoms with E-state index in [0.29, 0.717) is 11.6 Å². The summed E-state index contributed by atoms with van der Waals surface area (Å²) in [4.78, 5) is 19.5. The number of aryl methyl sites for hydroxylation is 1. The maximum absolute atomic E-state index is 11.7. The summed E-state index contributed by atoms with van der Waals surface area (Å²) in [6.45, 7) is 0. The molecule has 0 saturated heterocycles. The minimum atomic E-state index is -0.372. The molecule has 0 fully saturated rings. The molecular weight excluding hydrogens is 208 g/mol. The Kier molecular flexibility index (Phi) is 2.50. The number of nitrogens with two attached hydrogens (primary N) is 1. The Morgan fingerprint density at radius 1 is 1.50 bits per heavy atom. The Bertz CT molecular complexity index is 520. The van der Waals surface area contributed by atoms with Crippen molar-refractivity contribution in [2.75, 3.05) is 11.1 Å². The van der Waals surface area contributed by atoms with Crippen molar-refractivity contribution in [3.63, 3.8) is 0 Å². The lowest BCUT2D eigenvalue weighted by molar-refractivity contribution is 0.102. The number of aromatic nitrogens is 4. The van der Waals surface area contributed by atoms with Crippen LogP contribution in [-0.4, -0.2) is 25.7 Å². The standard InChI is InChI=1S/C9H10N6O/c1-15-9(12-5-13-15)14-8(16)7-4-6(10)2-3-11-7/h2-5H,1H3,(H2,10,11)(H,12,13,14,16). The van der Waals surface area contributed by atoms with Crippen LogP contribution < -0.4 is 11.1 Å². The highest BCUT2D eigenvalue weighted by Crippen LogP contribution is 2.06. The lowest BCUT2D eigenvalue weighted by atomic mass is 10.3. The summed E-state index contributed by atoms with van der Waals surface area (Å²) >= 11 is 0. The van der Waals surface area contributed by atoms with Crippen LogP contribution in [0.2, 0.25) is 0 Å². The summed E-state index contributed by atoms with van der Waals surface area (Å²) in [5.74, 6) is -0.0161. The third-order valence-electron chi connectivity index (χ3n) is 1.95. The molecule has 16 heavy (non-hydrogen) atoms. The molecule has 2 heterocycles. The second kappa shape index (κ2) is 3.97. The molecule has 2 rings (SSSR count). The molecule has 0 bridgehead atoms. The van der Waals surface area contributed by atoms with E-state index in [1.54, 1.807) is 13.1 Å². The van der Waals surface area contributed by atoms with Crippen molar-refractivity contribution in [1.82, 2.24) is 19.7 Å². The van der Waals surface area contributed by atoms with Crippen LogP contribution in [0.3, 0.4) is 0 Å². The molecule has 0 radical (unpaired) electrons. The van der Waals surface area contributed by atoms with E-state index in [1.807, 2.05) is 0 Å². The highest BCUT2D eigenvalue weighted by Gasteiger charge is 2.10. The van der Waals surface area contributed by atoms with Crippen LogP contribution in [0, 0.1) is 0 Å². The predicted molar refractivity (Wildman–Crippen MR) is 57.6 cm³/mol. The molecule has 0 aliphatic carbocycles. The van der Waals surface area contributed by atoms with E-state index in [9.17, 15) is 4.79 Å². The van der Waals surface area contributed by atoms with E-state index in [2.05, 4.69) is 20.4 Å². The number of nitrogens with zero attached hydrogens (tertiary/aromatic N) is 4. The van der Waals surface area contributed by atoms with Gasteiger partial charge in [-0.05, 0) is 12.1 Å². The van der Waals surface area contributed by atoms with Gasteiger partial charge >= 0.3 is 0 Å². The Morgan fingerprint density at radius 3 is 2.94 bits per heavy atom. The second-order valence-corrected chi connectivity index (χ2v) is 3.14. The first-order valence-corrected chi connectivity index (χ1v) is 4.53. The van der Waals surface area contributed by atoms with Gasteiger partial charge in [0.15, 0.2) is 0 Å². The molecule has 3 N–H and O–H groups in total. The monoisotopic (exact) mass is 218 g/mol. The lowest BCUT2D eigenvalue weighted by Gasteiger charge is -2.03. The third kappa shape index (κ3) is 1.97. The van der Waals surface area contributed by atoms with Crippen LogP contribution in [-0.2, 0) is 7.05 Å². The number of hydrogen-bond donors (Lipinski definition) is 2. The van der Waals surface area contributed by atoms with E-state index >= 15 is 0 Å². The number of hydrogen-bond acceptors (Lipinski definition) is 5. The first-order valence-electron chi connectivity index (χ1n) is 4.53. The molecule has 1 amide bonds. The van der Waals surface area contributed by atoms with E-state index in [1.165, 1.54) is 23.3 Å². The van der Waals surface area contributed by atoms with Gasteiger partial charge in [0.25, 0.3) is 5.91 Å². The van der Waals surface area contributed by atoms with Crippen LogP contribution in [0.15, 0.2) is 24.7 Å². The van der Waals surface area contributed by atoms with Gasteiger partial charge in [0.05, 0.1) is 0 Å². The van der Waals surface area contributed by atoms with E-state index in [0.717, 1.165) is 0 Å². The van der Waals surface area contributed by atoms with Gasteiger partial charge in [-0.15, -0.1) is 0 Å². The van der Waals surface area contributed by atoms with Gasteiger partial charge in [-0.25, -0.2) is 4.68 Å². The highest BCUT2D eigenvalue weighted by molar-refractivity contribution is 6.02. The van der Waals surface area contributed by atoms with Crippen LogP contribution >= 0.6 is 0 Å². The summed E-state index contributed by atoms with van der Waals surface area (Å²) in [5, 5.41) is 6.39. The first kappa shape index (κ1) is 10.1. The molecule has 7 heteroatoms. The van der Waals surface area contributed by atoms with Gasteiger partial charge in [-0.1, -0.05) is 0 Å². The maximum Gasteiger partial charge on any atom is 0.276 e. The van der Waals surface area contributed by atoms with Crippen molar-refractivity contribution in [2.24, 2.45) is 7.05 Å². The van der Waals surface area contributed by atoms with E-state index in [4.69, 9.17) is 5.73 Å². The van der Waals surface area contributed by atoms with Gasteiger partial charge in [-0.3, -0.25) is 15.1 Å². The molecule has 2 aromatic rings. The van der Waals surface area contributed by atoms with Crippen molar-refractivity contribution in [2.45, 2.75) is 0 Å². The van der Waals surface area contributed by atoms with E-state index in [-0.39, 0.29) is 11.6 Å². The summed E-state index contributed by atoms with van der Waals surface area (Å²) in [6.07, 6.45) is 2.82. The van der Waals surface area contributed by atoms with Crippen molar-refractivity contribution >= 4 is 17.5 Å². The first-order chi connectivity index (χ1) is 7.66. The summed E-state index contributed by atoms with van der Waals surface area (Å²) in [5.41, 5.74) is 6.27. The van der Waals surface area contributed by atoms with Crippen LogP contribution in [0.5, 0.6) is 0 Å². The zero-order chi connectivity index (χ0) is 11.5. The number of anilines is 2. The summed E-state index contributed by atoms with van der Waals surface area (Å²) in [6, 6.07) is 3.10. The SMILES string of the molecule is Cn1ncnc1NC(=O)c1cc(N)ccn1. The van der Waals surface area contributed by atoms with Gasteiger partial charge in [0, 0.05) is 18.9 Å². The second-order valence-electron chi connectivity index (χ2n) is 3.14. The fraction of sp³-hybridized carbons (Fsp3) is 0.111. The third-order valence-corrected chi connectivity index (χ3v) is 1.95. The predicted octanol–water partition coefficient (Wildman–Crippen LogP) is 0.0446. The fourth-order valence-electron chi connectivity index (χ4n) is 1.15. The van der Waals surface area contributed by atoms with Gasteiger partial charge in [0.1, 0.15) is 12.0 Å². The zero-order valence-electron chi connectivity index (χ0n) is 8.58. The van der Waals surface area contributed by atoms with Crippen molar-refractivity contribution in [1.29, 1.82) is 0 Å². The Labute approximate surface area is 91.3 Å². The molecule has 0 saturated carbocycles. The minimum Gasteiger partial charge on any atom is -0.399 e. The molecule has 82 valence electrons. The molecule has 0 aliphatic rings. The molecular formula is C9H10N6O. The lowest BCUT2D eigenvalue weighted by Crippen LogP contribution is -2.16. The number of carbonyl (C=O) groups is 1. The van der Waals surface area contributed by atoms with Gasteiger partial charge in [0.2, 0.25) is 5.95 Å². The Morgan fingerprint density at radius 2 is 2.31 bits per heavy atom. The molecule has 2 aromatic heterocycles. The molecule has 0 atom stereocenters. The summed E-state index contributed by atoms with van der Waals surface area (Å²) < 4.78 is 1.45. The number of rotatable bonds is 2. The quantitative estimate of drug-likeness (QED) is 0.741. The minimum absolute atomic E-state index is 0.239. The molecule has 0 aromatic carbocycles. The maximum atomic E-state index is 11.7. The number of carbonyl (C=O) groups excluding carboxylic acids is 1. The Balaban J connectivity index is 2.18. The summed E-state index contributed by atoms with van der Waals surface area (Å²) in [7, 11) is 1.68. The van der Waals surface area contributed by atoms with Crippen molar-refractivity contribution in [3.8, 4) is 0 Å². The van der Waals surface area contributed by atoms with Crippen LogP contribution in [0.25, 0.3) is 0 Å². The normalized spacial score (nSPS) is 10.1. The molecule has 0 aliphatic heterocycles. The van der Waals surface area contributed by atoms with E-state index < -0.39 is 0 Å². The molecule has 0 unspecified atom stereocenters. The number of amides is 1. The van der Waals surface area contributed by atoms with Gasteiger partial charge in [-0.2, -0.15) is 10.1 Å². The molecule has 7 nitrogen and oxygen atoms in total. The zero-order valence-corrected chi connectivity index (χ0v) is 8.58. The van der Waals surface area contributed by atoms with Crippen molar-refractivity contribution < 1.29 is 4.79 Å². The smallest absolute Gasteiger partial charge is 0.276 e. The largest absolute Gasteiger partial charge is 0.399 e. The average molecular weight is 218 g/mol. The van der Waals surface area contributed by atoms with Gasteiger partial charge < -0.3 is 5.73 Å². The number of pyridine rings is 1. The Hall–Kier alpha value is -2.44. The van der Waals surface area contributed by atoms with Crippen molar-refractivity contribution in [3.05, 3.63) is 30.4 Å². The highest BCUT2D eigenvalue weighted by atomic mass is 16.2. The average Bonchev–Trinajstić information content (AvgIpc) is 2.64. The van der Waals surface area contributed by atoms with Crippen LogP contribution in [0.4, 0.5) is 11.6 Å².